The third-order valence-electron chi connectivity index (χ3n) is 8.30. The summed E-state index contributed by atoms with van der Waals surface area (Å²) in [6.07, 6.45) is 1.04. The van der Waals surface area contributed by atoms with Crippen molar-refractivity contribution in [2.24, 2.45) is 0 Å². The van der Waals surface area contributed by atoms with E-state index in [9.17, 15) is 0 Å². The van der Waals surface area contributed by atoms with E-state index in [2.05, 4.69) is 128 Å². The van der Waals surface area contributed by atoms with Crippen LogP contribution in [0.15, 0.2) is 109 Å². The van der Waals surface area contributed by atoms with Crippen LogP contribution in [0.2, 0.25) is 0 Å². The molecule has 8 rings (SSSR count). The quantitative estimate of drug-likeness (QED) is 0.216. The molecule has 0 fully saturated rings. The van der Waals surface area contributed by atoms with Crippen LogP contribution in [0.25, 0.3) is 41.7 Å². The average Bonchev–Trinajstić information content (AvgIpc) is 3.31. The molecule has 0 spiro atoms. The normalized spacial score (nSPS) is 14.7. The van der Waals surface area contributed by atoms with E-state index in [1.54, 1.807) is 0 Å². The molecule has 1 atom stereocenters. The van der Waals surface area contributed by atoms with Gasteiger partial charge in [-0.15, -0.1) is 11.3 Å². The number of hydrogen-bond donors (Lipinski definition) is 0. The highest BCUT2D eigenvalue weighted by Gasteiger charge is 2.26. The molecule has 1 unspecified atom stereocenters. The lowest BCUT2D eigenvalue weighted by molar-refractivity contribution is 0.763. The first-order valence-corrected chi connectivity index (χ1v) is 14.2. The van der Waals surface area contributed by atoms with Crippen molar-refractivity contribution in [2.75, 3.05) is 4.90 Å². The van der Waals surface area contributed by atoms with Crippen LogP contribution in [0, 0.1) is 6.92 Å². The predicted octanol–water partition coefficient (Wildman–Crippen LogP) is 10.8. The van der Waals surface area contributed by atoms with E-state index in [4.69, 9.17) is 0 Å². The van der Waals surface area contributed by atoms with E-state index in [1.807, 2.05) is 11.3 Å². The largest absolute Gasteiger partial charge is 0.310 e. The second-order valence-corrected chi connectivity index (χ2v) is 11.8. The summed E-state index contributed by atoms with van der Waals surface area (Å²) in [7, 11) is 0. The first-order valence-electron chi connectivity index (χ1n) is 13.4. The van der Waals surface area contributed by atoms with Crippen LogP contribution < -0.4 is 4.90 Å². The van der Waals surface area contributed by atoms with Crippen molar-refractivity contribution >= 4 is 70.1 Å². The minimum atomic E-state index is 0.473. The summed E-state index contributed by atoms with van der Waals surface area (Å²) in [5.41, 5.74) is 7.90. The first-order chi connectivity index (χ1) is 18.7. The van der Waals surface area contributed by atoms with Gasteiger partial charge in [0, 0.05) is 37.2 Å². The van der Waals surface area contributed by atoms with Gasteiger partial charge in [-0.3, -0.25) is 0 Å². The Morgan fingerprint density at radius 2 is 1.42 bits per heavy atom. The number of anilines is 3. The lowest BCUT2D eigenvalue weighted by atomic mass is 9.79. The summed E-state index contributed by atoms with van der Waals surface area (Å²) in [4.78, 5) is 2.49. The van der Waals surface area contributed by atoms with Crippen LogP contribution in [0.5, 0.6) is 0 Å². The van der Waals surface area contributed by atoms with Gasteiger partial charge in [0.15, 0.2) is 0 Å². The fraction of sp³-hybridized carbons (Fsp3) is 0.111. The number of rotatable bonds is 3. The maximum atomic E-state index is 2.49. The molecular formula is C36H27NS. The Bertz CT molecular complexity index is 2050. The van der Waals surface area contributed by atoms with E-state index in [0.29, 0.717) is 5.92 Å². The molecule has 0 radical (unpaired) electrons. The maximum Gasteiger partial charge on any atom is 0.0500 e. The van der Waals surface area contributed by atoms with Gasteiger partial charge in [-0.25, -0.2) is 0 Å². The summed E-state index contributed by atoms with van der Waals surface area (Å²) < 4.78 is 2.68. The summed E-state index contributed by atoms with van der Waals surface area (Å²) >= 11 is 1.88. The highest BCUT2D eigenvalue weighted by molar-refractivity contribution is 7.25. The van der Waals surface area contributed by atoms with Crippen LogP contribution in [0.1, 0.15) is 29.5 Å². The number of benzene rings is 6. The number of aryl methyl sites for hydroxylation is 1. The second kappa shape index (κ2) is 8.18. The number of thiophene rings is 1. The fourth-order valence-electron chi connectivity index (χ4n) is 6.58. The van der Waals surface area contributed by atoms with E-state index in [0.717, 1.165) is 6.42 Å². The van der Waals surface area contributed by atoms with Crippen molar-refractivity contribution < 1.29 is 0 Å². The molecule has 6 aromatic carbocycles. The minimum absolute atomic E-state index is 0.473. The zero-order valence-corrected chi connectivity index (χ0v) is 22.3. The minimum Gasteiger partial charge on any atom is -0.310 e. The SMILES string of the molecule is Cc1cccc(N(c2ccc3sc4ccccc4c3c2)c2ccc3ccc4cccc5c4c3c2CC5C)c1. The lowest BCUT2D eigenvalue weighted by Gasteiger charge is -2.32. The van der Waals surface area contributed by atoms with Crippen molar-refractivity contribution in [1.82, 2.24) is 0 Å². The molecule has 0 N–H and O–H groups in total. The Kier molecular flexibility index (Phi) is 4.71. The molecule has 0 aliphatic heterocycles. The standard InChI is InChI=1S/C36H27NS/c1-22-7-5-9-26(19-22)37(27-16-18-34-30(21-27)29-10-3-4-12-33(29)38-34)32-17-15-25-14-13-24-8-6-11-28-23(2)20-31(32)36(25)35(24)28/h3-19,21,23H,20H2,1-2H3. The summed E-state index contributed by atoms with van der Waals surface area (Å²) in [5, 5.41) is 8.20. The second-order valence-electron chi connectivity index (χ2n) is 10.7. The maximum absolute atomic E-state index is 2.49. The number of fused-ring (bicyclic) bond motifs is 3. The van der Waals surface area contributed by atoms with E-state index >= 15 is 0 Å². The Balaban J connectivity index is 1.45. The Morgan fingerprint density at radius 1 is 0.658 bits per heavy atom. The molecule has 0 saturated carbocycles. The summed E-state index contributed by atoms with van der Waals surface area (Å²) in [6, 6.07) is 40.8. The Labute approximate surface area is 226 Å². The van der Waals surface area contributed by atoms with Gasteiger partial charge in [-0.2, -0.15) is 0 Å². The zero-order valence-electron chi connectivity index (χ0n) is 21.5. The smallest absolute Gasteiger partial charge is 0.0500 e. The van der Waals surface area contributed by atoms with E-state index < -0.39 is 0 Å². The summed E-state index contributed by atoms with van der Waals surface area (Å²) in [6.45, 7) is 4.57. The van der Waals surface area contributed by atoms with Crippen LogP contribution in [-0.4, -0.2) is 0 Å². The molecule has 0 amide bonds. The molecular weight excluding hydrogens is 478 g/mol. The molecule has 0 saturated heterocycles. The first kappa shape index (κ1) is 21.9. The van der Waals surface area contributed by atoms with Crippen LogP contribution in [0.4, 0.5) is 17.1 Å². The molecule has 0 bridgehead atoms. The lowest BCUT2D eigenvalue weighted by Crippen LogP contribution is -2.15. The number of nitrogens with zero attached hydrogens (tertiary/aromatic N) is 1. The van der Waals surface area contributed by atoms with Gasteiger partial charge in [0.05, 0.1) is 0 Å². The molecule has 1 aliphatic carbocycles. The molecule has 1 heterocycles. The highest BCUT2D eigenvalue weighted by atomic mass is 32.1. The van der Waals surface area contributed by atoms with Gasteiger partial charge >= 0.3 is 0 Å². The molecule has 1 aliphatic rings. The van der Waals surface area contributed by atoms with Gasteiger partial charge in [-0.1, -0.05) is 73.7 Å². The number of hydrogen-bond acceptors (Lipinski definition) is 2. The molecule has 1 nitrogen and oxygen atoms in total. The highest BCUT2D eigenvalue weighted by Crippen LogP contribution is 2.48. The van der Waals surface area contributed by atoms with Crippen molar-refractivity contribution in [1.29, 1.82) is 0 Å². The van der Waals surface area contributed by atoms with Crippen LogP contribution in [0.3, 0.4) is 0 Å². The monoisotopic (exact) mass is 505 g/mol. The summed E-state index contributed by atoms with van der Waals surface area (Å²) in [5.74, 6) is 0.473. The average molecular weight is 506 g/mol. The molecule has 182 valence electrons. The van der Waals surface area contributed by atoms with Crippen molar-refractivity contribution in [3.05, 3.63) is 126 Å². The zero-order chi connectivity index (χ0) is 25.4. The van der Waals surface area contributed by atoms with Crippen molar-refractivity contribution in [3.8, 4) is 0 Å². The molecule has 38 heavy (non-hydrogen) atoms. The van der Waals surface area contributed by atoms with E-state index in [1.165, 1.54) is 75.5 Å². The van der Waals surface area contributed by atoms with Crippen molar-refractivity contribution in [2.45, 2.75) is 26.2 Å². The van der Waals surface area contributed by atoms with Crippen LogP contribution in [-0.2, 0) is 6.42 Å². The van der Waals surface area contributed by atoms with Crippen molar-refractivity contribution in [3.63, 3.8) is 0 Å². The fourth-order valence-corrected chi connectivity index (χ4v) is 7.66. The van der Waals surface area contributed by atoms with Gasteiger partial charge in [0.1, 0.15) is 0 Å². The molecule has 2 heteroatoms. The third-order valence-corrected chi connectivity index (χ3v) is 9.45. The Morgan fingerprint density at radius 3 is 2.32 bits per heavy atom. The van der Waals surface area contributed by atoms with Gasteiger partial charge in [0.2, 0.25) is 0 Å². The Hall–Kier alpha value is -4.14. The topological polar surface area (TPSA) is 3.24 Å². The molecule has 1 aromatic heterocycles. The van der Waals surface area contributed by atoms with Gasteiger partial charge < -0.3 is 4.90 Å². The van der Waals surface area contributed by atoms with Crippen LogP contribution >= 0.6 is 11.3 Å². The third kappa shape index (κ3) is 3.17. The van der Waals surface area contributed by atoms with Gasteiger partial charge in [0.25, 0.3) is 0 Å². The molecule has 7 aromatic rings. The predicted molar refractivity (Wildman–Crippen MR) is 166 cm³/mol. The van der Waals surface area contributed by atoms with Gasteiger partial charge in [-0.05, 0) is 100.0 Å². The van der Waals surface area contributed by atoms with E-state index in [-0.39, 0.29) is 0 Å².